The molecule has 0 radical (unpaired) electrons. The van der Waals surface area contributed by atoms with Gasteiger partial charge < -0.3 is 0 Å². The number of guanidine groups is 1. The SMILES string of the molecule is CC(=N)NC(=N)NCc1ccc(-c2ccc([PH](c3ccccc3)(c3ccccc3)c3ccccc3)cc2)cc1. The molecule has 0 saturated carbocycles. The Labute approximate surface area is 231 Å². The summed E-state index contributed by atoms with van der Waals surface area (Å²) in [6.07, 6.45) is 0. The van der Waals surface area contributed by atoms with E-state index in [1.165, 1.54) is 26.8 Å². The van der Waals surface area contributed by atoms with Crippen molar-refractivity contribution in [1.29, 1.82) is 10.8 Å². The molecule has 0 amide bonds. The van der Waals surface area contributed by atoms with Gasteiger partial charge in [0, 0.05) is 0 Å². The van der Waals surface area contributed by atoms with Crippen LogP contribution < -0.4 is 31.9 Å². The molecule has 5 aromatic carbocycles. The monoisotopic (exact) mass is 528 g/mol. The van der Waals surface area contributed by atoms with Crippen molar-refractivity contribution in [3.63, 3.8) is 0 Å². The molecule has 0 aromatic heterocycles. The van der Waals surface area contributed by atoms with Gasteiger partial charge in [0.2, 0.25) is 0 Å². The number of benzene rings is 5. The molecular formula is C34H33N4P. The summed E-state index contributed by atoms with van der Waals surface area (Å²) in [6.45, 7) is 2.14. The van der Waals surface area contributed by atoms with E-state index in [0.29, 0.717) is 6.54 Å². The number of rotatable bonds is 7. The van der Waals surface area contributed by atoms with Crippen LogP contribution in [0.5, 0.6) is 0 Å². The summed E-state index contributed by atoms with van der Waals surface area (Å²) < 4.78 is 0. The second-order valence-electron chi connectivity index (χ2n) is 9.60. The van der Waals surface area contributed by atoms with Gasteiger partial charge in [0.05, 0.1) is 5.84 Å². The zero-order chi connectivity index (χ0) is 27.1. The number of hydrogen-bond acceptors (Lipinski definition) is 2. The molecule has 0 aliphatic heterocycles. The first-order valence-electron chi connectivity index (χ1n) is 13.1. The predicted molar refractivity (Wildman–Crippen MR) is 169 cm³/mol. The summed E-state index contributed by atoms with van der Waals surface area (Å²) in [4.78, 5) is 0. The summed E-state index contributed by atoms with van der Waals surface area (Å²) in [7, 11) is -2.52. The van der Waals surface area contributed by atoms with Crippen molar-refractivity contribution < 1.29 is 0 Å². The fourth-order valence-corrected chi connectivity index (χ4v) is 9.96. The summed E-state index contributed by atoms with van der Waals surface area (Å²) in [6, 6.07) is 50.4. The van der Waals surface area contributed by atoms with Crippen LogP contribution in [0.2, 0.25) is 0 Å². The molecule has 0 fully saturated rings. The third-order valence-electron chi connectivity index (χ3n) is 7.01. The fraction of sp³-hybridized carbons (Fsp3) is 0.0588. The van der Waals surface area contributed by atoms with E-state index in [9.17, 15) is 0 Å². The Hall–Kier alpha value is -4.53. The molecule has 5 aromatic rings. The average Bonchev–Trinajstić information content (AvgIpc) is 2.99. The van der Waals surface area contributed by atoms with Gasteiger partial charge in [0.25, 0.3) is 0 Å². The summed E-state index contributed by atoms with van der Waals surface area (Å²) in [5.41, 5.74) is 3.40. The van der Waals surface area contributed by atoms with Crippen LogP contribution in [-0.2, 0) is 6.54 Å². The van der Waals surface area contributed by atoms with E-state index in [0.717, 1.165) is 11.1 Å². The Balaban J connectivity index is 1.51. The molecule has 194 valence electrons. The molecule has 0 bridgehead atoms. The van der Waals surface area contributed by atoms with E-state index in [-0.39, 0.29) is 11.8 Å². The molecule has 4 N–H and O–H groups in total. The molecule has 5 heteroatoms. The maximum atomic E-state index is 7.84. The molecule has 0 atom stereocenters. The molecule has 0 aliphatic rings. The van der Waals surface area contributed by atoms with Crippen LogP contribution in [0.25, 0.3) is 11.1 Å². The maximum absolute atomic E-state index is 7.84. The summed E-state index contributed by atoms with van der Waals surface area (Å²) in [5, 5.41) is 26.4. The summed E-state index contributed by atoms with van der Waals surface area (Å²) >= 11 is 0. The zero-order valence-electron chi connectivity index (χ0n) is 22.0. The Kier molecular flexibility index (Phi) is 7.96. The standard InChI is InChI=1S/C34H33N4P/c1-26(35)38-34(36)37-25-27-17-19-28(20-18-27)29-21-23-33(24-22-29)39(30-11-5-2-6-12-30,31-13-7-3-8-14-31)32-15-9-4-10-16-32/h2-24,39H,25H2,1H3,(H4,35,36,37,38). The van der Waals surface area contributed by atoms with Crippen LogP contribution in [-0.4, -0.2) is 11.8 Å². The van der Waals surface area contributed by atoms with Crippen molar-refractivity contribution >= 4 is 40.3 Å². The molecule has 0 aliphatic carbocycles. The van der Waals surface area contributed by atoms with Crippen molar-refractivity contribution in [2.24, 2.45) is 0 Å². The van der Waals surface area contributed by atoms with E-state index in [2.05, 4.69) is 150 Å². The normalized spacial score (nSPS) is 11.4. The van der Waals surface area contributed by atoms with Crippen LogP contribution in [0.3, 0.4) is 0 Å². The van der Waals surface area contributed by atoms with Crippen LogP contribution in [0.15, 0.2) is 140 Å². The van der Waals surface area contributed by atoms with E-state index in [1.807, 2.05) is 0 Å². The Bertz CT molecular complexity index is 1440. The van der Waals surface area contributed by atoms with Crippen molar-refractivity contribution in [2.45, 2.75) is 13.5 Å². The van der Waals surface area contributed by atoms with Crippen molar-refractivity contribution in [3.05, 3.63) is 145 Å². The average molecular weight is 529 g/mol. The first kappa shape index (κ1) is 26.1. The fourth-order valence-electron chi connectivity index (χ4n) is 5.21. The molecule has 39 heavy (non-hydrogen) atoms. The van der Waals surface area contributed by atoms with Crippen LogP contribution >= 0.6 is 7.26 Å². The van der Waals surface area contributed by atoms with Gasteiger partial charge in [-0.1, -0.05) is 0 Å². The minimum atomic E-state index is -2.52. The first-order chi connectivity index (χ1) is 19.1. The van der Waals surface area contributed by atoms with Crippen molar-refractivity contribution in [3.8, 4) is 11.1 Å². The Morgan fingerprint density at radius 3 is 1.33 bits per heavy atom. The van der Waals surface area contributed by atoms with E-state index in [4.69, 9.17) is 10.8 Å². The molecule has 4 nitrogen and oxygen atoms in total. The van der Waals surface area contributed by atoms with Crippen molar-refractivity contribution in [1.82, 2.24) is 10.6 Å². The second kappa shape index (κ2) is 11.9. The van der Waals surface area contributed by atoms with Gasteiger partial charge in [-0.3, -0.25) is 5.41 Å². The van der Waals surface area contributed by atoms with Gasteiger partial charge in [-0.2, -0.15) is 0 Å². The number of amidine groups is 1. The topological polar surface area (TPSA) is 71.8 Å². The number of nitrogens with one attached hydrogen (secondary N) is 4. The van der Waals surface area contributed by atoms with Gasteiger partial charge in [0.1, 0.15) is 0 Å². The first-order valence-corrected chi connectivity index (χ1v) is 15.1. The van der Waals surface area contributed by atoms with E-state index in [1.54, 1.807) is 6.92 Å². The Morgan fingerprint density at radius 2 is 0.923 bits per heavy atom. The van der Waals surface area contributed by atoms with E-state index < -0.39 is 7.26 Å². The minimum absolute atomic E-state index is 0.130. The predicted octanol–water partition coefficient (Wildman–Crippen LogP) is 5.32. The second-order valence-corrected chi connectivity index (χ2v) is 13.4. The van der Waals surface area contributed by atoms with Crippen LogP contribution in [0.4, 0.5) is 0 Å². The molecule has 0 saturated heterocycles. The zero-order valence-corrected chi connectivity index (χ0v) is 23.0. The van der Waals surface area contributed by atoms with Gasteiger partial charge in [-0.15, -0.1) is 0 Å². The van der Waals surface area contributed by atoms with Gasteiger partial charge in [-0.25, -0.2) is 0 Å². The summed E-state index contributed by atoms with van der Waals surface area (Å²) in [5.74, 6) is 0.371. The molecule has 5 rings (SSSR count). The van der Waals surface area contributed by atoms with Gasteiger partial charge in [-0.05, 0) is 6.92 Å². The number of hydrogen-bond donors (Lipinski definition) is 4. The van der Waals surface area contributed by atoms with E-state index >= 15 is 0 Å². The quantitative estimate of drug-likeness (QED) is 0.131. The molecule has 0 heterocycles. The molecule has 0 spiro atoms. The molecular weight excluding hydrogens is 495 g/mol. The van der Waals surface area contributed by atoms with Crippen LogP contribution in [0.1, 0.15) is 12.5 Å². The van der Waals surface area contributed by atoms with Crippen LogP contribution in [0, 0.1) is 10.8 Å². The van der Waals surface area contributed by atoms with Gasteiger partial charge >= 0.3 is 213 Å². The third kappa shape index (κ3) is 5.67. The van der Waals surface area contributed by atoms with Gasteiger partial charge in [0.15, 0.2) is 0 Å². The van der Waals surface area contributed by atoms with Crippen molar-refractivity contribution in [2.75, 3.05) is 0 Å². The molecule has 0 unspecified atom stereocenters. The third-order valence-corrected chi connectivity index (χ3v) is 11.8. The Morgan fingerprint density at radius 1 is 0.538 bits per heavy atom.